The summed E-state index contributed by atoms with van der Waals surface area (Å²) in [5, 5.41) is 0. The number of hydrogen-bond acceptors (Lipinski definition) is 1. The molecule has 0 radical (unpaired) electrons. The molecule has 0 saturated heterocycles. The van der Waals surface area contributed by atoms with Gasteiger partial charge >= 0.3 is 0 Å². The van der Waals surface area contributed by atoms with Gasteiger partial charge in [0.15, 0.2) is 0 Å². The summed E-state index contributed by atoms with van der Waals surface area (Å²) in [7, 11) is 0.814. The Balaban J connectivity index is 4.32. The molecule has 0 spiro atoms. The van der Waals surface area contributed by atoms with Crippen molar-refractivity contribution in [1.82, 2.24) is 0 Å². The quantitative estimate of drug-likeness (QED) is 0.464. The van der Waals surface area contributed by atoms with Gasteiger partial charge in [0.05, 0.1) is 8.07 Å². The van der Waals surface area contributed by atoms with Crippen molar-refractivity contribution in [2.24, 2.45) is 0 Å². The first kappa shape index (κ1) is 16.2. The van der Waals surface area contributed by atoms with Gasteiger partial charge in [0.25, 0.3) is 0 Å². The van der Waals surface area contributed by atoms with Crippen molar-refractivity contribution < 1.29 is 4.74 Å². The summed E-state index contributed by atoms with van der Waals surface area (Å²) in [4.78, 5) is 0. The second-order valence-corrected chi connectivity index (χ2v) is 10.0. The van der Waals surface area contributed by atoms with E-state index in [0.717, 1.165) is 6.23 Å². The molecule has 2 heteroatoms. The molecule has 0 bridgehead atoms. The Bertz CT molecular complexity index is 126. The Labute approximate surface area is 104 Å². The van der Waals surface area contributed by atoms with Crippen molar-refractivity contribution in [2.75, 3.05) is 13.3 Å². The molecule has 0 rings (SSSR count). The van der Waals surface area contributed by atoms with E-state index in [1.165, 1.54) is 56.7 Å². The number of rotatable bonds is 11. The van der Waals surface area contributed by atoms with Gasteiger partial charge < -0.3 is 4.74 Å². The van der Waals surface area contributed by atoms with E-state index in [1.807, 2.05) is 7.11 Å². The lowest BCUT2D eigenvalue weighted by molar-refractivity contribution is 0.243. The minimum absolute atomic E-state index is 1.08. The number of methoxy groups -OCH3 is 1. The van der Waals surface area contributed by atoms with Crippen LogP contribution in [0.25, 0.3) is 0 Å². The Kier molecular flexibility index (Phi) is 10.5. The van der Waals surface area contributed by atoms with E-state index in [1.54, 1.807) is 0 Å². The molecule has 0 unspecified atom stereocenters. The van der Waals surface area contributed by atoms with Crippen molar-refractivity contribution in [3.63, 3.8) is 0 Å². The summed E-state index contributed by atoms with van der Waals surface area (Å²) < 4.78 is 5.56. The third-order valence-corrected chi connectivity index (χ3v) is 8.78. The molecule has 0 aromatic heterocycles. The first-order valence-corrected chi connectivity index (χ1v) is 10.1. The predicted octanol–water partition coefficient (Wildman–Crippen LogP) is 5.02. The topological polar surface area (TPSA) is 9.23 Å². The van der Waals surface area contributed by atoms with Crippen LogP contribution in [0.15, 0.2) is 0 Å². The fourth-order valence-electron chi connectivity index (χ4n) is 2.55. The fraction of sp³-hybridized carbons (Fsp3) is 1.00. The molecule has 98 valence electrons. The van der Waals surface area contributed by atoms with Gasteiger partial charge in [-0.05, 0) is 0 Å². The average Bonchev–Trinajstić information content (AvgIpc) is 2.31. The van der Waals surface area contributed by atoms with E-state index in [0.29, 0.717) is 0 Å². The van der Waals surface area contributed by atoms with Crippen LogP contribution in [-0.2, 0) is 4.74 Å². The largest absolute Gasteiger partial charge is 0.388 e. The standard InChI is InChI=1S/C14H32OSi/c1-5-8-11-16(14-15-4,12-9-6-2)13-10-7-3/h5-14H2,1-4H3. The molecule has 0 atom stereocenters. The molecular weight excluding hydrogens is 212 g/mol. The van der Waals surface area contributed by atoms with Crippen LogP contribution >= 0.6 is 0 Å². The number of hydrogen-bond donors (Lipinski definition) is 0. The number of ether oxygens (including phenoxy) is 1. The lowest BCUT2D eigenvalue weighted by Crippen LogP contribution is -2.39. The Hall–Kier alpha value is 0.177. The van der Waals surface area contributed by atoms with E-state index in [2.05, 4.69) is 20.8 Å². The van der Waals surface area contributed by atoms with Crippen LogP contribution in [0.1, 0.15) is 59.3 Å². The van der Waals surface area contributed by atoms with Gasteiger partial charge in [-0.1, -0.05) is 77.4 Å². The first-order chi connectivity index (χ1) is 7.74. The zero-order valence-electron chi connectivity index (χ0n) is 12.0. The highest BCUT2D eigenvalue weighted by atomic mass is 28.3. The van der Waals surface area contributed by atoms with Crippen LogP contribution in [0.5, 0.6) is 0 Å². The maximum atomic E-state index is 5.56. The normalized spacial score (nSPS) is 12.0. The van der Waals surface area contributed by atoms with Crippen LogP contribution in [-0.4, -0.2) is 21.4 Å². The van der Waals surface area contributed by atoms with Gasteiger partial charge in [0.2, 0.25) is 0 Å². The zero-order chi connectivity index (χ0) is 12.3. The third kappa shape index (κ3) is 6.69. The molecule has 0 aliphatic rings. The molecule has 1 nitrogen and oxygen atoms in total. The molecule has 0 N–H and O–H groups in total. The van der Waals surface area contributed by atoms with Crippen molar-refractivity contribution in [1.29, 1.82) is 0 Å². The van der Waals surface area contributed by atoms with Crippen molar-refractivity contribution >= 4 is 8.07 Å². The summed E-state index contributed by atoms with van der Waals surface area (Å²) in [6.45, 7) is 6.93. The van der Waals surface area contributed by atoms with Gasteiger partial charge in [0.1, 0.15) is 0 Å². The van der Waals surface area contributed by atoms with Gasteiger partial charge in [-0.15, -0.1) is 0 Å². The van der Waals surface area contributed by atoms with E-state index in [-0.39, 0.29) is 0 Å². The van der Waals surface area contributed by atoms with Crippen LogP contribution in [0.4, 0.5) is 0 Å². The molecule has 16 heavy (non-hydrogen) atoms. The minimum Gasteiger partial charge on any atom is -0.388 e. The van der Waals surface area contributed by atoms with E-state index in [4.69, 9.17) is 4.74 Å². The SMILES string of the molecule is CCCC[Si](CCCC)(CCCC)COC. The molecule has 0 heterocycles. The fourth-order valence-corrected chi connectivity index (χ4v) is 7.66. The van der Waals surface area contributed by atoms with Gasteiger partial charge in [-0.3, -0.25) is 0 Å². The summed E-state index contributed by atoms with van der Waals surface area (Å²) >= 11 is 0. The Morgan fingerprint density at radius 3 is 1.38 bits per heavy atom. The Morgan fingerprint density at radius 1 is 0.750 bits per heavy atom. The highest BCUT2D eigenvalue weighted by Crippen LogP contribution is 2.28. The van der Waals surface area contributed by atoms with Gasteiger partial charge in [-0.25, -0.2) is 0 Å². The van der Waals surface area contributed by atoms with Crippen molar-refractivity contribution in [3.8, 4) is 0 Å². The first-order valence-electron chi connectivity index (χ1n) is 7.23. The molecule has 0 amide bonds. The van der Waals surface area contributed by atoms with Gasteiger partial charge in [-0.2, -0.15) is 0 Å². The lowest BCUT2D eigenvalue weighted by atomic mass is 10.4. The molecule has 0 aliphatic heterocycles. The molecule has 0 fully saturated rings. The van der Waals surface area contributed by atoms with E-state index < -0.39 is 8.07 Å². The maximum Gasteiger partial charge on any atom is 0.0837 e. The molecule has 0 aliphatic carbocycles. The number of unbranched alkanes of at least 4 members (excludes halogenated alkanes) is 3. The monoisotopic (exact) mass is 244 g/mol. The summed E-state index contributed by atoms with van der Waals surface area (Å²) in [5.74, 6) is 0. The molecule has 0 saturated carbocycles. The smallest absolute Gasteiger partial charge is 0.0837 e. The molecular formula is C14H32OSi. The summed E-state index contributed by atoms with van der Waals surface area (Å²) in [6, 6.07) is 4.49. The second kappa shape index (κ2) is 10.3. The summed E-state index contributed by atoms with van der Waals surface area (Å²) in [6.07, 6.45) is 9.40. The third-order valence-electron chi connectivity index (χ3n) is 3.63. The maximum absolute atomic E-state index is 5.56. The van der Waals surface area contributed by atoms with Crippen LogP contribution in [0.3, 0.4) is 0 Å². The minimum atomic E-state index is -1.08. The zero-order valence-corrected chi connectivity index (χ0v) is 13.0. The summed E-state index contributed by atoms with van der Waals surface area (Å²) in [5.41, 5.74) is 0. The van der Waals surface area contributed by atoms with Gasteiger partial charge in [0, 0.05) is 13.3 Å². The second-order valence-electron chi connectivity index (χ2n) is 5.24. The van der Waals surface area contributed by atoms with Crippen molar-refractivity contribution in [2.45, 2.75) is 77.4 Å². The van der Waals surface area contributed by atoms with E-state index >= 15 is 0 Å². The average molecular weight is 244 g/mol. The van der Waals surface area contributed by atoms with Crippen molar-refractivity contribution in [3.05, 3.63) is 0 Å². The highest BCUT2D eigenvalue weighted by Gasteiger charge is 2.30. The van der Waals surface area contributed by atoms with Crippen LogP contribution in [0.2, 0.25) is 18.1 Å². The van der Waals surface area contributed by atoms with E-state index in [9.17, 15) is 0 Å². The predicted molar refractivity (Wildman–Crippen MR) is 76.8 cm³/mol. The highest BCUT2D eigenvalue weighted by molar-refractivity contribution is 6.79. The Morgan fingerprint density at radius 2 is 1.12 bits per heavy atom. The van der Waals surface area contributed by atoms with Crippen LogP contribution < -0.4 is 0 Å². The molecule has 0 aromatic rings. The van der Waals surface area contributed by atoms with Crippen LogP contribution in [0, 0.1) is 0 Å². The lowest BCUT2D eigenvalue weighted by Gasteiger charge is -2.31. The molecule has 0 aromatic carbocycles.